The van der Waals surface area contributed by atoms with Gasteiger partial charge < -0.3 is 15.9 Å². The number of phenolic OH excluding ortho intramolecular Hbond substituents is 2. The fourth-order valence-electron chi connectivity index (χ4n) is 0.563. The molecule has 0 amide bonds. The molecular weight excluding hydrogens is 118 g/mol. The molecule has 9 heavy (non-hydrogen) atoms. The molecule has 1 aromatic rings. The van der Waals surface area contributed by atoms with Gasteiger partial charge in [0.05, 0.1) is 0 Å². The molecule has 0 bridgehead atoms. The standard InChI is InChI=1S/C6H7NO2/c7-6-4(8)2-1-3-5(6)9/h1-3,8-9H,7H2/p+1. The van der Waals surface area contributed by atoms with Crippen LogP contribution in [0.2, 0.25) is 0 Å². The van der Waals surface area contributed by atoms with Gasteiger partial charge in [-0.05, 0) is 12.1 Å². The average Bonchev–Trinajstić information content (AvgIpc) is 1.83. The third-order valence-electron chi connectivity index (χ3n) is 1.13. The molecule has 0 spiro atoms. The van der Waals surface area contributed by atoms with Gasteiger partial charge in [-0.2, -0.15) is 0 Å². The van der Waals surface area contributed by atoms with E-state index in [0.29, 0.717) is 0 Å². The molecule has 0 fully saturated rings. The van der Waals surface area contributed by atoms with E-state index in [4.69, 9.17) is 10.2 Å². The molecule has 1 rings (SSSR count). The zero-order valence-electron chi connectivity index (χ0n) is 4.83. The van der Waals surface area contributed by atoms with Crippen molar-refractivity contribution in [3.05, 3.63) is 18.2 Å². The van der Waals surface area contributed by atoms with Gasteiger partial charge in [0.1, 0.15) is 0 Å². The highest BCUT2D eigenvalue weighted by Gasteiger charge is 2.03. The highest BCUT2D eigenvalue weighted by molar-refractivity contribution is 5.53. The van der Waals surface area contributed by atoms with Crippen LogP contribution >= 0.6 is 0 Å². The minimum absolute atomic E-state index is 0.0231. The van der Waals surface area contributed by atoms with Crippen molar-refractivity contribution in [3.63, 3.8) is 0 Å². The Morgan fingerprint density at radius 2 is 1.56 bits per heavy atom. The van der Waals surface area contributed by atoms with Crippen molar-refractivity contribution in [2.75, 3.05) is 0 Å². The first-order valence-corrected chi connectivity index (χ1v) is 2.54. The molecule has 0 unspecified atom stereocenters. The van der Waals surface area contributed by atoms with Crippen molar-refractivity contribution in [1.82, 2.24) is 0 Å². The Balaban J connectivity index is 3.25. The number of benzene rings is 1. The Morgan fingerprint density at radius 1 is 1.11 bits per heavy atom. The number of hydrogen-bond donors (Lipinski definition) is 3. The molecule has 0 radical (unpaired) electrons. The van der Waals surface area contributed by atoms with Gasteiger partial charge >= 0.3 is 0 Å². The van der Waals surface area contributed by atoms with Gasteiger partial charge in [0.15, 0.2) is 11.5 Å². The van der Waals surface area contributed by atoms with Crippen LogP contribution in [0.4, 0.5) is 5.69 Å². The highest BCUT2D eigenvalue weighted by atomic mass is 16.3. The van der Waals surface area contributed by atoms with E-state index in [2.05, 4.69) is 5.73 Å². The molecule has 0 heterocycles. The predicted molar refractivity (Wildman–Crippen MR) is 32.3 cm³/mol. The van der Waals surface area contributed by atoms with E-state index < -0.39 is 0 Å². The van der Waals surface area contributed by atoms with Crippen LogP contribution in [-0.2, 0) is 0 Å². The van der Waals surface area contributed by atoms with E-state index in [0.717, 1.165) is 0 Å². The fraction of sp³-hybridized carbons (Fsp3) is 0. The largest absolute Gasteiger partial charge is 0.503 e. The lowest BCUT2D eigenvalue weighted by Gasteiger charge is -1.94. The van der Waals surface area contributed by atoms with Gasteiger partial charge in [-0.1, -0.05) is 6.07 Å². The first-order valence-electron chi connectivity index (χ1n) is 2.54. The van der Waals surface area contributed by atoms with Gasteiger partial charge in [-0.3, -0.25) is 0 Å². The normalized spacial score (nSPS) is 9.44. The van der Waals surface area contributed by atoms with Crippen molar-refractivity contribution in [3.8, 4) is 11.5 Å². The summed E-state index contributed by atoms with van der Waals surface area (Å²) in [6, 6.07) is 4.50. The Labute approximate surface area is 52.4 Å². The molecule has 0 saturated heterocycles. The Bertz CT molecular complexity index is 202. The molecule has 5 N–H and O–H groups in total. The summed E-state index contributed by atoms with van der Waals surface area (Å²) in [6.07, 6.45) is 0. The second kappa shape index (κ2) is 1.95. The van der Waals surface area contributed by atoms with Gasteiger partial charge in [0.25, 0.3) is 0 Å². The van der Waals surface area contributed by atoms with Gasteiger partial charge in [0.2, 0.25) is 5.69 Å². The zero-order valence-corrected chi connectivity index (χ0v) is 4.83. The van der Waals surface area contributed by atoms with Crippen molar-refractivity contribution >= 4 is 5.69 Å². The minimum Gasteiger partial charge on any atom is -0.503 e. The lowest BCUT2D eigenvalue weighted by molar-refractivity contribution is -0.258. The number of phenols is 2. The van der Waals surface area contributed by atoms with Gasteiger partial charge in [0, 0.05) is 0 Å². The Hall–Kier alpha value is -1.22. The first kappa shape index (κ1) is 5.91. The molecule has 3 heteroatoms. The van der Waals surface area contributed by atoms with E-state index >= 15 is 0 Å². The maximum atomic E-state index is 8.88. The van der Waals surface area contributed by atoms with Crippen LogP contribution in [0, 0.1) is 0 Å². The summed E-state index contributed by atoms with van der Waals surface area (Å²) >= 11 is 0. The van der Waals surface area contributed by atoms with Gasteiger partial charge in [-0.25, -0.2) is 0 Å². The predicted octanol–water partition coefficient (Wildman–Crippen LogP) is -0.0288. The topological polar surface area (TPSA) is 68.1 Å². The summed E-state index contributed by atoms with van der Waals surface area (Å²) in [6.45, 7) is 0. The summed E-state index contributed by atoms with van der Waals surface area (Å²) in [5.74, 6) is 0.0463. The highest BCUT2D eigenvalue weighted by Crippen LogP contribution is 2.26. The maximum Gasteiger partial charge on any atom is 0.212 e. The summed E-state index contributed by atoms with van der Waals surface area (Å²) in [7, 11) is 0. The lowest BCUT2D eigenvalue weighted by atomic mass is 10.3. The number of quaternary nitrogens is 1. The SMILES string of the molecule is [NH3+]c1c(O)cccc1O. The summed E-state index contributed by atoms with van der Waals surface area (Å²) in [5.41, 5.74) is 3.70. The monoisotopic (exact) mass is 126 g/mol. The van der Waals surface area contributed by atoms with Crippen LogP contribution in [0.1, 0.15) is 0 Å². The quantitative estimate of drug-likeness (QED) is 0.457. The number of hydrogen-bond acceptors (Lipinski definition) is 2. The Morgan fingerprint density at radius 3 is 1.89 bits per heavy atom. The lowest BCUT2D eigenvalue weighted by Crippen LogP contribution is -2.40. The van der Waals surface area contributed by atoms with Crippen LogP contribution in [0.5, 0.6) is 11.5 Å². The molecule has 0 aromatic heterocycles. The van der Waals surface area contributed by atoms with E-state index in [1.54, 1.807) is 6.07 Å². The van der Waals surface area contributed by atoms with E-state index in [1.165, 1.54) is 12.1 Å². The van der Waals surface area contributed by atoms with Crippen LogP contribution in [0.3, 0.4) is 0 Å². The van der Waals surface area contributed by atoms with E-state index in [9.17, 15) is 0 Å². The van der Waals surface area contributed by atoms with Crippen LogP contribution in [0.25, 0.3) is 0 Å². The molecule has 48 valence electrons. The smallest absolute Gasteiger partial charge is 0.212 e. The summed E-state index contributed by atoms with van der Waals surface area (Å²) < 4.78 is 0. The molecule has 3 nitrogen and oxygen atoms in total. The summed E-state index contributed by atoms with van der Waals surface area (Å²) in [4.78, 5) is 0. The third-order valence-corrected chi connectivity index (χ3v) is 1.13. The second-order valence-corrected chi connectivity index (χ2v) is 1.77. The van der Waals surface area contributed by atoms with E-state index in [-0.39, 0.29) is 17.2 Å². The minimum atomic E-state index is 0.0231. The third kappa shape index (κ3) is 0.948. The molecule has 0 atom stereocenters. The van der Waals surface area contributed by atoms with Crippen LogP contribution < -0.4 is 5.73 Å². The van der Waals surface area contributed by atoms with Crippen molar-refractivity contribution in [1.29, 1.82) is 0 Å². The van der Waals surface area contributed by atoms with Crippen molar-refractivity contribution in [2.24, 2.45) is 0 Å². The molecule has 0 aliphatic carbocycles. The van der Waals surface area contributed by atoms with Crippen molar-refractivity contribution < 1.29 is 15.9 Å². The maximum absolute atomic E-state index is 8.88. The van der Waals surface area contributed by atoms with E-state index in [1.807, 2.05) is 0 Å². The van der Waals surface area contributed by atoms with Gasteiger partial charge in [-0.15, -0.1) is 0 Å². The Kier molecular flexibility index (Phi) is 1.28. The fourth-order valence-corrected chi connectivity index (χ4v) is 0.563. The average molecular weight is 126 g/mol. The number of aromatic hydroxyl groups is 2. The molecule has 0 aliphatic heterocycles. The number of rotatable bonds is 0. The molecular formula is C6H8NO2+. The second-order valence-electron chi connectivity index (χ2n) is 1.77. The first-order chi connectivity index (χ1) is 4.22. The molecule has 0 aliphatic rings. The molecule has 1 aromatic carbocycles. The van der Waals surface area contributed by atoms with Crippen LogP contribution in [0.15, 0.2) is 18.2 Å². The van der Waals surface area contributed by atoms with Crippen LogP contribution in [-0.4, -0.2) is 10.2 Å². The zero-order chi connectivity index (χ0) is 6.85. The molecule has 0 saturated carbocycles. The van der Waals surface area contributed by atoms with Crippen molar-refractivity contribution in [2.45, 2.75) is 0 Å². The summed E-state index contributed by atoms with van der Waals surface area (Å²) in [5, 5.41) is 17.8.